The lowest BCUT2D eigenvalue weighted by atomic mass is 9.95. The van der Waals surface area contributed by atoms with E-state index in [0.717, 1.165) is 40.0 Å². The number of aromatic nitrogens is 6. The summed E-state index contributed by atoms with van der Waals surface area (Å²) in [4.78, 5) is 37.4. The third-order valence-electron chi connectivity index (χ3n) is 11.0. The van der Waals surface area contributed by atoms with Crippen LogP contribution in [0.1, 0.15) is 97.1 Å². The summed E-state index contributed by atoms with van der Waals surface area (Å²) in [7, 11) is 0. The van der Waals surface area contributed by atoms with Crippen molar-refractivity contribution in [3.05, 3.63) is 172 Å². The van der Waals surface area contributed by atoms with Crippen LogP contribution in [0.5, 0.6) is 0 Å². The highest BCUT2D eigenvalue weighted by atomic mass is 35.5. The van der Waals surface area contributed by atoms with Crippen molar-refractivity contribution in [3.8, 4) is 0 Å². The van der Waals surface area contributed by atoms with Crippen LogP contribution in [0.2, 0.25) is 30.1 Å². The molecule has 0 fully saturated rings. The number of anilines is 3. The molecule has 22 heteroatoms. The lowest BCUT2D eigenvalue weighted by Gasteiger charge is -2.31. The second-order valence-corrected chi connectivity index (χ2v) is 21.0. The molecule has 4 N–H and O–H groups in total. The van der Waals surface area contributed by atoms with Gasteiger partial charge >= 0.3 is 17.9 Å². The third kappa shape index (κ3) is 12.2. The molecule has 0 saturated carbocycles. The minimum Gasteiger partial charge on any atom is -0.478 e. The molecule has 3 aliphatic heterocycles. The largest absolute Gasteiger partial charge is 0.478 e. The Morgan fingerprint density at radius 1 is 0.486 bits per heavy atom. The van der Waals surface area contributed by atoms with Crippen LogP contribution in [0.15, 0.2) is 125 Å². The number of rotatable bonds is 6. The van der Waals surface area contributed by atoms with E-state index in [-0.39, 0.29) is 18.0 Å². The van der Waals surface area contributed by atoms with Crippen molar-refractivity contribution in [1.29, 1.82) is 0 Å². The smallest absolute Gasteiger partial charge is 0.338 e. The molecule has 3 unspecified atom stereocenters. The second kappa shape index (κ2) is 22.2. The van der Waals surface area contributed by atoms with Crippen LogP contribution >= 0.6 is 82.0 Å². The Morgan fingerprint density at radius 3 is 1.03 bits per heavy atom. The Hall–Kier alpha value is -5.65. The van der Waals surface area contributed by atoms with Crippen LogP contribution in [0.25, 0.3) is 0 Å². The van der Waals surface area contributed by atoms with Crippen molar-refractivity contribution in [2.24, 2.45) is 0 Å². The van der Waals surface area contributed by atoms with Crippen molar-refractivity contribution >= 4 is 117 Å². The van der Waals surface area contributed by atoms with Gasteiger partial charge in [-0.05, 0) is 115 Å². The van der Waals surface area contributed by atoms with Gasteiger partial charge < -0.3 is 30.5 Å². The van der Waals surface area contributed by atoms with Gasteiger partial charge in [0.25, 0.3) is 0 Å². The molecular weight excluding hydrogens is 1070 g/mol. The van der Waals surface area contributed by atoms with Gasteiger partial charge in [0.1, 0.15) is 46.8 Å². The average Bonchev–Trinajstić information content (AvgIpc) is 4.06. The average molecular weight is 1120 g/mol. The zero-order chi connectivity index (χ0) is 51.9. The number of hydrogen-bond donors (Lipinski definition) is 4. The molecule has 3 atom stereocenters. The van der Waals surface area contributed by atoms with E-state index >= 15 is 0 Å². The van der Waals surface area contributed by atoms with Crippen LogP contribution in [-0.4, -0.2) is 63.6 Å². The minimum atomic E-state index is -1.00. The predicted molar refractivity (Wildman–Crippen MR) is 286 cm³/mol. The molecule has 3 aromatic heterocycles. The van der Waals surface area contributed by atoms with Crippen molar-refractivity contribution in [2.75, 3.05) is 16.0 Å². The molecule has 0 radical (unpaired) electrons. The summed E-state index contributed by atoms with van der Waals surface area (Å²) in [6.45, 7) is 16.4. The molecule has 6 heterocycles. The summed E-state index contributed by atoms with van der Waals surface area (Å²) in [6.07, 6.45) is 4.97. The first-order chi connectivity index (χ1) is 33.3. The number of ether oxygens (including phenoxy) is 2. The van der Waals surface area contributed by atoms with Gasteiger partial charge in [-0.15, -0.1) is 12.4 Å². The summed E-state index contributed by atoms with van der Waals surface area (Å²) in [5, 5.41) is 34.5. The maximum atomic E-state index is 12.9. The van der Waals surface area contributed by atoms with Gasteiger partial charge in [-0.3, -0.25) is 0 Å². The van der Waals surface area contributed by atoms with E-state index in [9.17, 15) is 19.5 Å². The SMILES string of the molecule is CC1=C(C(=O)O)C(c2ccc(Cl)c(Cl)c2)n2nccc2N1.CC1=C(C(=O)OC(C)(C)C)C(c2ccc(Cl)c(Cl)c2)n2nccc2N1.CC1=C(C(=O)OC(C)(C)C)C(c2ccc(Cl)c(Cl)c2)n2nccc2N1.Cl. The monoisotopic (exact) mass is 1120 g/mol. The topological polar surface area (TPSA) is 179 Å². The van der Waals surface area contributed by atoms with Gasteiger partial charge in [0, 0.05) is 35.3 Å². The number of carbonyl (C=O) groups excluding carboxylic acids is 2. The maximum Gasteiger partial charge on any atom is 0.338 e. The number of carbonyl (C=O) groups is 3. The van der Waals surface area contributed by atoms with Gasteiger partial charge in [-0.25, -0.2) is 28.4 Å². The molecule has 3 aliphatic rings. The number of aliphatic carboxylic acids is 1. The van der Waals surface area contributed by atoms with Gasteiger partial charge in [0.2, 0.25) is 0 Å². The number of allylic oxidation sites excluding steroid dienone is 3. The van der Waals surface area contributed by atoms with E-state index in [1.165, 1.54) is 0 Å². The van der Waals surface area contributed by atoms with Gasteiger partial charge in [-0.2, -0.15) is 15.3 Å². The number of halogens is 7. The van der Waals surface area contributed by atoms with Gasteiger partial charge in [0.15, 0.2) is 0 Å². The predicted octanol–water partition coefficient (Wildman–Crippen LogP) is 13.6. The molecule has 380 valence electrons. The summed E-state index contributed by atoms with van der Waals surface area (Å²) < 4.78 is 16.3. The molecular formula is C50H50Cl7N9O6. The van der Waals surface area contributed by atoms with E-state index in [1.807, 2.05) is 79.7 Å². The van der Waals surface area contributed by atoms with Crippen LogP contribution in [0.4, 0.5) is 17.5 Å². The zero-order valence-corrected chi connectivity index (χ0v) is 45.6. The fourth-order valence-corrected chi connectivity index (χ4v) is 8.98. The summed E-state index contributed by atoms with van der Waals surface area (Å²) in [5.74, 6) is 0.525. The Morgan fingerprint density at radius 2 is 0.764 bits per heavy atom. The Balaban J connectivity index is 0.000000176. The molecule has 15 nitrogen and oxygen atoms in total. The number of hydrogen-bond acceptors (Lipinski definition) is 11. The fraction of sp³-hybridized carbons (Fsp3) is 0.280. The third-order valence-corrected chi connectivity index (χ3v) is 13.2. The molecule has 0 amide bonds. The Kier molecular flexibility index (Phi) is 17.2. The molecule has 0 spiro atoms. The van der Waals surface area contributed by atoms with E-state index < -0.39 is 47.2 Å². The van der Waals surface area contributed by atoms with Crippen LogP contribution < -0.4 is 16.0 Å². The number of carboxylic acid groups (broad SMARTS) is 1. The quantitative estimate of drug-likeness (QED) is 0.116. The van der Waals surface area contributed by atoms with Crippen LogP contribution in [-0.2, 0) is 23.9 Å². The van der Waals surface area contributed by atoms with E-state index in [4.69, 9.17) is 79.1 Å². The highest BCUT2D eigenvalue weighted by Gasteiger charge is 2.38. The highest BCUT2D eigenvalue weighted by molar-refractivity contribution is 6.43. The van der Waals surface area contributed by atoms with Crippen molar-refractivity contribution in [3.63, 3.8) is 0 Å². The molecule has 0 saturated heterocycles. The number of esters is 2. The highest BCUT2D eigenvalue weighted by Crippen LogP contribution is 2.41. The van der Waals surface area contributed by atoms with Crippen LogP contribution in [0, 0.1) is 0 Å². The minimum absolute atomic E-state index is 0. The van der Waals surface area contributed by atoms with Crippen molar-refractivity contribution in [2.45, 2.75) is 91.6 Å². The van der Waals surface area contributed by atoms with Crippen molar-refractivity contribution < 1.29 is 29.0 Å². The number of nitrogens with one attached hydrogen (secondary N) is 3. The second-order valence-electron chi connectivity index (χ2n) is 18.5. The van der Waals surface area contributed by atoms with E-state index in [1.54, 1.807) is 88.1 Å². The number of nitrogens with zero attached hydrogens (tertiary/aromatic N) is 6. The number of carboxylic acids is 1. The van der Waals surface area contributed by atoms with Gasteiger partial charge in [-0.1, -0.05) is 87.8 Å². The van der Waals surface area contributed by atoms with Crippen LogP contribution in [0.3, 0.4) is 0 Å². The summed E-state index contributed by atoms with van der Waals surface area (Å²) in [5.41, 5.74) is 4.35. The van der Waals surface area contributed by atoms with Gasteiger partial charge in [0.05, 0.1) is 65.4 Å². The Labute approximate surface area is 452 Å². The molecule has 9 rings (SSSR count). The lowest BCUT2D eigenvalue weighted by molar-refractivity contribution is -0.151. The standard InChI is InChI=1S/2C18H19Cl2N3O2.C14H11Cl2N3O2.ClH/c2*1-10-15(17(24)25-18(2,3)4)16(23-14(22-10)7-8-21-23)11-5-6-12(19)13(20)9-11;1-7-12(14(20)21)13(19-11(18-7)4-5-17-19)8-2-3-9(15)10(16)6-8;/h2*5-9,16,22H,1-4H3;2-6,13,18H,1H3,(H,20,21);1H. The maximum absolute atomic E-state index is 12.9. The summed E-state index contributed by atoms with van der Waals surface area (Å²) in [6, 6.07) is 19.7. The molecule has 0 bridgehead atoms. The number of benzene rings is 3. The van der Waals surface area contributed by atoms with E-state index in [0.29, 0.717) is 52.5 Å². The van der Waals surface area contributed by atoms with Crippen molar-refractivity contribution in [1.82, 2.24) is 29.3 Å². The molecule has 6 aromatic rings. The fourth-order valence-electron chi connectivity index (χ4n) is 8.06. The zero-order valence-electron chi connectivity index (χ0n) is 40.2. The van der Waals surface area contributed by atoms with E-state index in [2.05, 4.69) is 31.2 Å². The Bertz CT molecular complexity index is 3020. The molecule has 0 aliphatic carbocycles. The first-order valence-electron chi connectivity index (χ1n) is 21.9. The molecule has 3 aromatic carbocycles. The summed E-state index contributed by atoms with van der Waals surface area (Å²) >= 11 is 36.5. The first kappa shape index (κ1) is 55.7. The first-order valence-corrected chi connectivity index (χ1v) is 24.2. The number of fused-ring (bicyclic) bond motifs is 3. The lowest BCUT2D eigenvalue weighted by Crippen LogP contribution is -2.33. The normalized spacial score (nSPS) is 17.0. The molecule has 72 heavy (non-hydrogen) atoms.